The summed E-state index contributed by atoms with van der Waals surface area (Å²) in [7, 11) is 0. The molecule has 5 nitrogen and oxygen atoms in total. The fourth-order valence-electron chi connectivity index (χ4n) is 3.72. The highest BCUT2D eigenvalue weighted by Gasteiger charge is 2.57. The lowest BCUT2D eigenvalue weighted by molar-refractivity contribution is -0.168. The Bertz CT molecular complexity index is 440. The van der Waals surface area contributed by atoms with Gasteiger partial charge in [-0.25, -0.2) is 0 Å². The normalized spacial score (nSPS) is 42.5. The molecule has 3 rings (SSSR count). The Morgan fingerprint density at radius 1 is 1.30 bits per heavy atom. The molecule has 2 aliphatic heterocycles. The molecule has 0 aromatic heterocycles. The van der Waals surface area contributed by atoms with Gasteiger partial charge in [0.25, 0.3) is 0 Å². The van der Waals surface area contributed by atoms with Crippen molar-refractivity contribution in [2.75, 3.05) is 13.2 Å². The summed E-state index contributed by atoms with van der Waals surface area (Å²) in [6.45, 7) is 7.03. The van der Waals surface area contributed by atoms with Crippen molar-refractivity contribution in [3.05, 3.63) is 0 Å². The minimum atomic E-state index is -0.718. The van der Waals surface area contributed by atoms with E-state index < -0.39 is 11.6 Å². The Labute approximate surface area is 120 Å². The molecule has 1 N–H and O–H groups in total. The molecule has 1 aliphatic carbocycles. The molecule has 2 saturated heterocycles. The number of nitrogens with one attached hydrogen (secondary N) is 1. The van der Waals surface area contributed by atoms with E-state index in [9.17, 15) is 9.59 Å². The van der Waals surface area contributed by atoms with Gasteiger partial charge in [-0.2, -0.15) is 0 Å². The second-order valence-corrected chi connectivity index (χ2v) is 6.97. The third kappa shape index (κ3) is 1.94. The first-order valence-corrected chi connectivity index (χ1v) is 7.62. The number of carbonyl (C=O) groups excluding carboxylic acids is 2. The van der Waals surface area contributed by atoms with Crippen LogP contribution < -0.4 is 5.32 Å². The third-order valence-corrected chi connectivity index (χ3v) is 5.21. The summed E-state index contributed by atoms with van der Waals surface area (Å²) in [6.07, 6.45) is 3.89. The molecule has 3 fully saturated rings. The highest BCUT2D eigenvalue weighted by Crippen LogP contribution is 2.44. The van der Waals surface area contributed by atoms with E-state index in [0.29, 0.717) is 12.5 Å². The number of hydrogen-bond acceptors (Lipinski definition) is 3. The summed E-state index contributed by atoms with van der Waals surface area (Å²) >= 11 is 0. The van der Waals surface area contributed by atoms with E-state index >= 15 is 0 Å². The van der Waals surface area contributed by atoms with Gasteiger partial charge < -0.3 is 15.0 Å². The lowest BCUT2D eigenvalue weighted by Crippen LogP contribution is -2.74. The number of ether oxygens (including phenoxy) is 1. The van der Waals surface area contributed by atoms with E-state index in [0.717, 1.165) is 32.3 Å². The highest BCUT2D eigenvalue weighted by atomic mass is 16.5. The second-order valence-electron chi connectivity index (χ2n) is 6.97. The molecule has 2 heterocycles. The molecule has 1 saturated carbocycles. The standard InChI is InChI=1S/C15H24N2O3/c1-10-12(18)16-15(3,11-5-6-11)13(19)17(10)14(2)7-4-8-20-9-14/h10-11H,4-9H2,1-3H3,(H,16,18). The number of carbonyl (C=O) groups is 2. The van der Waals surface area contributed by atoms with Crippen LogP contribution in [0.15, 0.2) is 0 Å². The number of amides is 2. The minimum Gasteiger partial charge on any atom is -0.379 e. The highest BCUT2D eigenvalue weighted by molar-refractivity contribution is 6.00. The van der Waals surface area contributed by atoms with Gasteiger partial charge in [-0.3, -0.25) is 9.59 Å². The van der Waals surface area contributed by atoms with Crippen molar-refractivity contribution >= 4 is 11.8 Å². The average molecular weight is 280 g/mol. The minimum absolute atomic E-state index is 0.0363. The van der Waals surface area contributed by atoms with Gasteiger partial charge in [0.1, 0.15) is 11.6 Å². The molecule has 20 heavy (non-hydrogen) atoms. The summed E-state index contributed by atoms with van der Waals surface area (Å²) in [5, 5.41) is 2.97. The van der Waals surface area contributed by atoms with Gasteiger partial charge in [0.05, 0.1) is 12.1 Å². The van der Waals surface area contributed by atoms with E-state index in [-0.39, 0.29) is 17.4 Å². The van der Waals surface area contributed by atoms with E-state index in [1.165, 1.54) is 0 Å². The zero-order valence-electron chi connectivity index (χ0n) is 12.6. The zero-order chi connectivity index (χ0) is 14.5. The fourth-order valence-corrected chi connectivity index (χ4v) is 3.72. The zero-order valence-corrected chi connectivity index (χ0v) is 12.6. The lowest BCUT2D eigenvalue weighted by atomic mass is 9.83. The third-order valence-electron chi connectivity index (χ3n) is 5.21. The number of nitrogens with zero attached hydrogens (tertiary/aromatic N) is 1. The van der Waals surface area contributed by atoms with Crippen molar-refractivity contribution in [2.45, 2.75) is 63.6 Å². The molecular formula is C15H24N2O3. The molecule has 2 amide bonds. The Morgan fingerprint density at radius 2 is 2.00 bits per heavy atom. The van der Waals surface area contributed by atoms with Crippen LogP contribution >= 0.6 is 0 Å². The van der Waals surface area contributed by atoms with E-state index in [1.54, 1.807) is 0 Å². The van der Waals surface area contributed by atoms with Gasteiger partial charge in [-0.1, -0.05) is 0 Å². The Morgan fingerprint density at radius 3 is 2.55 bits per heavy atom. The SMILES string of the molecule is CC1C(=O)NC(C)(C2CC2)C(=O)N1C1(C)CCCOC1. The van der Waals surface area contributed by atoms with Gasteiger partial charge in [0.15, 0.2) is 0 Å². The van der Waals surface area contributed by atoms with Crippen LogP contribution in [0.4, 0.5) is 0 Å². The molecule has 112 valence electrons. The molecule has 3 aliphatic rings. The van der Waals surface area contributed by atoms with Crippen LogP contribution in [0.3, 0.4) is 0 Å². The average Bonchev–Trinajstić information content (AvgIpc) is 3.22. The van der Waals surface area contributed by atoms with Gasteiger partial charge in [-0.05, 0) is 52.4 Å². The van der Waals surface area contributed by atoms with Crippen LogP contribution in [0.5, 0.6) is 0 Å². The number of piperazine rings is 1. The fraction of sp³-hybridized carbons (Fsp3) is 0.867. The summed E-state index contributed by atoms with van der Waals surface area (Å²) in [6, 6.07) is -0.416. The smallest absolute Gasteiger partial charge is 0.249 e. The largest absolute Gasteiger partial charge is 0.379 e. The number of rotatable bonds is 2. The summed E-state index contributed by atoms with van der Waals surface area (Å²) < 4.78 is 5.59. The topological polar surface area (TPSA) is 58.6 Å². The predicted octanol–water partition coefficient (Wildman–Crippen LogP) is 1.07. The second kappa shape index (κ2) is 4.45. The summed E-state index contributed by atoms with van der Waals surface area (Å²) in [5.41, 5.74) is -1.08. The van der Waals surface area contributed by atoms with Crippen LogP contribution in [0.1, 0.15) is 46.5 Å². The maximum absolute atomic E-state index is 13.0. The van der Waals surface area contributed by atoms with Crippen molar-refractivity contribution in [1.29, 1.82) is 0 Å². The van der Waals surface area contributed by atoms with Crippen LogP contribution in [0.2, 0.25) is 0 Å². The van der Waals surface area contributed by atoms with Crippen molar-refractivity contribution in [3.63, 3.8) is 0 Å². The van der Waals surface area contributed by atoms with Crippen molar-refractivity contribution in [3.8, 4) is 0 Å². The Kier molecular flexibility index (Phi) is 3.08. The monoisotopic (exact) mass is 280 g/mol. The molecule has 5 heteroatoms. The van der Waals surface area contributed by atoms with Crippen LogP contribution in [0.25, 0.3) is 0 Å². The van der Waals surface area contributed by atoms with E-state index in [1.807, 2.05) is 25.7 Å². The summed E-state index contributed by atoms with van der Waals surface area (Å²) in [5.74, 6) is 0.327. The van der Waals surface area contributed by atoms with Gasteiger partial charge in [0.2, 0.25) is 11.8 Å². The van der Waals surface area contributed by atoms with Crippen molar-refractivity contribution in [1.82, 2.24) is 10.2 Å². The van der Waals surface area contributed by atoms with Crippen molar-refractivity contribution < 1.29 is 14.3 Å². The van der Waals surface area contributed by atoms with Gasteiger partial charge in [-0.15, -0.1) is 0 Å². The van der Waals surface area contributed by atoms with Crippen LogP contribution in [0, 0.1) is 5.92 Å². The van der Waals surface area contributed by atoms with Gasteiger partial charge >= 0.3 is 0 Å². The first-order valence-electron chi connectivity index (χ1n) is 7.62. The number of hydrogen-bond donors (Lipinski definition) is 1. The molecule has 0 aromatic rings. The molecule has 0 aromatic carbocycles. The molecule has 0 bridgehead atoms. The maximum Gasteiger partial charge on any atom is 0.249 e. The molecule has 3 unspecified atom stereocenters. The first kappa shape index (κ1) is 13.9. The molecular weight excluding hydrogens is 256 g/mol. The van der Waals surface area contributed by atoms with Gasteiger partial charge in [0, 0.05) is 6.61 Å². The molecule has 3 atom stereocenters. The van der Waals surface area contributed by atoms with Crippen LogP contribution in [-0.4, -0.2) is 47.0 Å². The van der Waals surface area contributed by atoms with Crippen molar-refractivity contribution in [2.24, 2.45) is 5.92 Å². The maximum atomic E-state index is 13.0. The van der Waals surface area contributed by atoms with Crippen LogP contribution in [-0.2, 0) is 14.3 Å². The predicted molar refractivity (Wildman–Crippen MR) is 74.0 cm³/mol. The quantitative estimate of drug-likeness (QED) is 0.823. The van der Waals surface area contributed by atoms with E-state index in [2.05, 4.69) is 5.32 Å². The Hall–Kier alpha value is -1.10. The summed E-state index contributed by atoms with van der Waals surface area (Å²) in [4.78, 5) is 27.2. The molecule has 0 radical (unpaired) electrons. The lowest BCUT2D eigenvalue weighted by Gasteiger charge is -2.52. The molecule has 0 spiro atoms. The van der Waals surface area contributed by atoms with E-state index in [4.69, 9.17) is 4.74 Å². The first-order chi connectivity index (χ1) is 9.38. The Balaban J connectivity index is 1.94.